The van der Waals surface area contributed by atoms with E-state index in [4.69, 9.17) is 5.73 Å². The van der Waals surface area contributed by atoms with Gasteiger partial charge in [0.05, 0.1) is 0 Å². The Morgan fingerprint density at radius 3 is 2.27 bits per heavy atom. The highest BCUT2D eigenvalue weighted by Gasteiger charge is 2.13. The lowest BCUT2D eigenvalue weighted by Crippen LogP contribution is -2.20. The Morgan fingerprint density at radius 2 is 1.82 bits per heavy atom. The minimum atomic E-state index is 0. The summed E-state index contributed by atoms with van der Waals surface area (Å²) in [7, 11) is 0. The first kappa shape index (κ1) is 11.0. The van der Waals surface area contributed by atoms with E-state index in [0.29, 0.717) is 6.04 Å². The zero-order valence-corrected chi connectivity index (χ0v) is 6.97. The molecule has 0 spiro atoms. The quantitative estimate of drug-likeness (QED) is 0.655. The van der Waals surface area contributed by atoms with Crippen LogP contribution in [0.2, 0.25) is 0 Å². The molecule has 1 saturated carbocycles. The van der Waals surface area contributed by atoms with Crippen molar-refractivity contribution in [1.82, 2.24) is 0 Å². The molecule has 0 aromatic carbocycles. The van der Waals surface area contributed by atoms with Crippen LogP contribution in [0.15, 0.2) is 0 Å². The molecule has 0 aromatic rings. The molecule has 1 rings (SSSR count). The summed E-state index contributed by atoms with van der Waals surface area (Å²) in [5.74, 6) is 0.953. The summed E-state index contributed by atoms with van der Waals surface area (Å²) in [6.45, 7) is 2.12. The van der Waals surface area contributed by atoms with E-state index >= 15 is 0 Å². The van der Waals surface area contributed by atoms with Crippen molar-refractivity contribution < 1.29 is 0 Å². The minimum absolute atomic E-state index is 0. The third-order valence-electron chi connectivity index (χ3n) is 2.43. The Morgan fingerprint density at radius 1 is 1.27 bits per heavy atom. The standard InChI is InChI=1S/C9H19N.CH4/c1-8(10)7-9-5-3-2-4-6-9;/h8-9H,2-7,10H2,1H3;1H4. The van der Waals surface area contributed by atoms with Gasteiger partial charge in [-0.25, -0.2) is 0 Å². The van der Waals surface area contributed by atoms with Crippen molar-refractivity contribution in [2.75, 3.05) is 0 Å². The number of nitrogens with two attached hydrogens (primary N) is 1. The van der Waals surface area contributed by atoms with Crippen LogP contribution in [0.25, 0.3) is 0 Å². The minimum Gasteiger partial charge on any atom is -0.328 e. The fourth-order valence-corrected chi connectivity index (χ4v) is 1.95. The Balaban J connectivity index is 0.000001000. The molecular weight excluding hydrogens is 134 g/mol. The van der Waals surface area contributed by atoms with Gasteiger partial charge in [-0.15, -0.1) is 0 Å². The maximum atomic E-state index is 5.72. The molecule has 1 aliphatic carbocycles. The van der Waals surface area contributed by atoms with E-state index in [-0.39, 0.29) is 7.43 Å². The van der Waals surface area contributed by atoms with Crippen LogP contribution in [0.5, 0.6) is 0 Å². The smallest absolute Gasteiger partial charge is 0.00131 e. The first-order valence-electron chi connectivity index (χ1n) is 4.54. The fourth-order valence-electron chi connectivity index (χ4n) is 1.95. The highest BCUT2D eigenvalue weighted by Crippen LogP contribution is 2.26. The molecular formula is C10H23N. The molecule has 0 bridgehead atoms. The summed E-state index contributed by atoms with van der Waals surface area (Å²) in [6, 6.07) is 0.420. The number of hydrogen-bond donors (Lipinski definition) is 1. The second-order valence-electron chi connectivity index (χ2n) is 3.72. The maximum Gasteiger partial charge on any atom is 0.00131 e. The molecule has 0 amide bonds. The molecule has 0 aliphatic heterocycles. The van der Waals surface area contributed by atoms with E-state index in [1.54, 1.807) is 0 Å². The number of hydrogen-bond acceptors (Lipinski definition) is 1. The summed E-state index contributed by atoms with van der Waals surface area (Å²) < 4.78 is 0. The van der Waals surface area contributed by atoms with Crippen LogP contribution in [-0.4, -0.2) is 6.04 Å². The van der Waals surface area contributed by atoms with Crippen molar-refractivity contribution in [3.05, 3.63) is 0 Å². The fraction of sp³-hybridized carbons (Fsp3) is 1.00. The Kier molecular flexibility index (Phi) is 5.57. The van der Waals surface area contributed by atoms with Crippen molar-refractivity contribution in [2.24, 2.45) is 11.7 Å². The van der Waals surface area contributed by atoms with Gasteiger partial charge >= 0.3 is 0 Å². The van der Waals surface area contributed by atoms with Crippen LogP contribution in [-0.2, 0) is 0 Å². The van der Waals surface area contributed by atoms with Crippen LogP contribution in [0.1, 0.15) is 52.9 Å². The van der Waals surface area contributed by atoms with E-state index in [2.05, 4.69) is 6.92 Å². The molecule has 2 N–H and O–H groups in total. The van der Waals surface area contributed by atoms with E-state index in [0.717, 1.165) is 5.92 Å². The normalized spacial score (nSPS) is 22.4. The molecule has 1 fully saturated rings. The topological polar surface area (TPSA) is 26.0 Å². The Labute approximate surface area is 71.4 Å². The SMILES string of the molecule is C.CC(N)CC1CCCCC1. The Hall–Kier alpha value is -0.0400. The van der Waals surface area contributed by atoms with Crippen molar-refractivity contribution in [3.63, 3.8) is 0 Å². The molecule has 0 heterocycles. The highest BCUT2D eigenvalue weighted by atomic mass is 14.6. The predicted molar refractivity (Wildman–Crippen MR) is 51.6 cm³/mol. The molecule has 1 heteroatoms. The lowest BCUT2D eigenvalue weighted by molar-refractivity contribution is 0.323. The monoisotopic (exact) mass is 157 g/mol. The summed E-state index contributed by atoms with van der Waals surface area (Å²) in [6.07, 6.45) is 8.45. The van der Waals surface area contributed by atoms with Gasteiger partial charge < -0.3 is 5.73 Å². The van der Waals surface area contributed by atoms with Crippen molar-refractivity contribution in [3.8, 4) is 0 Å². The van der Waals surface area contributed by atoms with Gasteiger partial charge in [0, 0.05) is 6.04 Å². The number of rotatable bonds is 2. The van der Waals surface area contributed by atoms with Gasteiger partial charge in [-0.3, -0.25) is 0 Å². The zero-order chi connectivity index (χ0) is 7.40. The first-order chi connectivity index (χ1) is 4.79. The van der Waals surface area contributed by atoms with Crippen molar-refractivity contribution in [2.45, 2.75) is 58.9 Å². The van der Waals surface area contributed by atoms with Crippen molar-refractivity contribution >= 4 is 0 Å². The molecule has 0 radical (unpaired) electrons. The van der Waals surface area contributed by atoms with Gasteiger partial charge in [-0.2, -0.15) is 0 Å². The lowest BCUT2D eigenvalue weighted by atomic mass is 9.85. The summed E-state index contributed by atoms with van der Waals surface area (Å²) in [4.78, 5) is 0. The van der Waals surface area contributed by atoms with Gasteiger partial charge in [0.2, 0.25) is 0 Å². The van der Waals surface area contributed by atoms with Crippen LogP contribution < -0.4 is 5.73 Å². The van der Waals surface area contributed by atoms with E-state index in [1.165, 1.54) is 38.5 Å². The molecule has 0 aromatic heterocycles. The Bertz CT molecular complexity index is 82.9. The van der Waals surface area contributed by atoms with Crippen molar-refractivity contribution in [1.29, 1.82) is 0 Å². The molecule has 68 valence electrons. The molecule has 0 saturated heterocycles. The average molecular weight is 157 g/mol. The third kappa shape index (κ3) is 4.41. The second kappa shape index (κ2) is 5.59. The highest BCUT2D eigenvalue weighted by molar-refractivity contribution is 4.69. The summed E-state index contributed by atoms with van der Waals surface area (Å²) in [5, 5.41) is 0. The summed E-state index contributed by atoms with van der Waals surface area (Å²) in [5.41, 5.74) is 5.72. The largest absolute Gasteiger partial charge is 0.328 e. The van der Waals surface area contributed by atoms with E-state index in [9.17, 15) is 0 Å². The molecule has 1 unspecified atom stereocenters. The van der Waals surface area contributed by atoms with Crippen LogP contribution in [0.4, 0.5) is 0 Å². The zero-order valence-electron chi connectivity index (χ0n) is 6.97. The molecule has 1 nitrogen and oxygen atoms in total. The third-order valence-corrected chi connectivity index (χ3v) is 2.43. The molecule has 11 heavy (non-hydrogen) atoms. The van der Waals surface area contributed by atoms with Crippen LogP contribution in [0.3, 0.4) is 0 Å². The van der Waals surface area contributed by atoms with Gasteiger partial charge in [0.25, 0.3) is 0 Å². The van der Waals surface area contributed by atoms with E-state index in [1.807, 2.05) is 0 Å². The maximum absolute atomic E-state index is 5.72. The molecule has 1 aliphatic rings. The molecule has 1 atom stereocenters. The second-order valence-corrected chi connectivity index (χ2v) is 3.72. The average Bonchev–Trinajstić information content (AvgIpc) is 1.88. The van der Waals surface area contributed by atoms with Gasteiger partial charge in [-0.05, 0) is 19.3 Å². The van der Waals surface area contributed by atoms with Gasteiger partial charge in [0.15, 0.2) is 0 Å². The summed E-state index contributed by atoms with van der Waals surface area (Å²) >= 11 is 0. The lowest BCUT2D eigenvalue weighted by Gasteiger charge is -2.22. The first-order valence-corrected chi connectivity index (χ1v) is 4.54. The predicted octanol–water partition coefficient (Wildman–Crippen LogP) is 2.94. The van der Waals surface area contributed by atoms with E-state index < -0.39 is 0 Å². The van der Waals surface area contributed by atoms with Crippen LogP contribution >= 0.6 is 0 Å². The van der Waals surface area contributed by atoms with Gasteiger partial charge in [-0.1, -0.05) is 39.5 Å². The van der Waals surface area contributed by atoms with Crippen LogP contribution in [0, 0.1) is 5.92 Å². The van der Waals surface area contributed by atoms with Gasteiger partial charge in [0.1, 0.15) is 0 Å².